The van der Waals surface area contributed by atoms with Gasteiger partial charge in [-0.15, -0.1) is 0 Å². The lowest BCUT2D eigenvalue weighted by atomic mass is 10.2. The van der Waals surface area contributed by atoms with Crippen LogP contribution in [0.1, 0.15) is 12.5 Å². The Morgan fingerprint density at radius 3 is 2.52 bits per heavy atom. The molecule has 1 amide bonds. The summed E-state index contributed by atoms with van der Waals surface area (Å²) < 4.78 is 24.4. The van der Waals surface area contributed by atoms with Crippen molar-refractivity contribution in [1.29, 1.82) is 5.26 Å². The molecule has 1 fully saturated rings. The van der Waals surface area contributed by atoms with Gasteiger partial charge in [-0.25, -0.2) is 8.42 Å². The standard InChI is InChI=1S/C15H20N4O3S/c1-12(18-6-8-19(9-7-18)23(2,21)22)15(20)17-14-5-3-4-13(10-14)11-16/h3-5,10,12H,6-9H2,1-2H3,(H,17,20)/t12-/m1/s1. The molecule has 1 saturated heterocycles. The molecule has 1 aromatic carbocycles. The Labute approximate surface area is 136 Å². The van der Waals surface area contributed by atoms with E-state index in [0.717, 1.165) is 0 Å². The van der Waals surface area contributed by atoms with Gasteiger partial charge in [0.1, 0.15) is 0 Å². The summed E-state index contributed by atoms with van der Waals surface area (Å²) in [5, 5.41) is 11.7. The highest BCUT2D eigenvalue weighted by Crippen LogP contribution is 2.13. The molecule has 1 N–H and O–H groups in total. The molecule has 1 aliphatic heterocycles. The number of hydrogen-bond donors (Lipinski definition) is 1. The molecule has 0 spiro atoms. The largest absolute Gasteiger partial charge is 0.325 e. The number of nitrogens with zero attached hydrogens (tertiary/aromatic N) is 3. The fourth-order valence-electron chi connectivity index (χ4n) is 2.50. The summed E-state index contributed by atoms with van der Waals surface area (Å²) in [7, 11) is -3.18. The molecule has 124 valence electrons. The summed E-state index contributed by atoms with van der Waals surface area (Å²) in [5.41, 5.74) is 1.06. The molecule has 0 aromatic heterocycles. The minimum absolute atomic E-state index is 0.173. The number of hydrogen-bond acceptors (Lipinski definition) is 5. The lowest BCUT2D eigenvalue weighted by Gasteiger charge is -2.36. The molecule has 2 rings (SSSR count). The highest BCUT2D eigenvalue weighted by molar-refractivity contribution is 7.88. The SMILES string of the molecule is C[C@H](C(=O)Nc1cccc(C#N)c1)N1CCN(S(C)(=O)=O)CC1. The van der Waals surface area contributed by atoms with E-state index < -0.39 is 10.0 Å². The zero-order valence-electron chi connectivity index (χ0n) is 13.2. The van der Waals surface area contributed by atoms with E-state index in [4.69, 9.17) is 5.26 Å². The van der Waals surface area contributed by atoms with Crippen LogP contribution < -0.4 is 5.32 Å². The van der Waals surface area contributed by atoms with Crippen LogP contribution >= 0.6 is 0 Å². The fraction of sp³-hybridized carbons (Fsp3) is 0.467. The molecular formula is C15H20N4O3S. The lowest BCUT2D eigenvalue weighted by molar-refractivity contribution is -0.121. The number of anilines is 1. The molecule has 0 radical (unpaired) electrons. The number of benzene rings is 1. The van der Waals surface area contributed by atoms with Gasteiger partial charge in [0, 0.05) is 31.9 Å². The number of carbonyl (C=O) groups excluding carboxylic acids is 1. The van der Waals surface area contributed by atoms with Gasteiger partial charge in [0.05, 0.1) is 23.9 Å². The van der Waals surface area contributed by atoms with Crippen LogP contribution in [0.5, 0.6) is 0 Å². The van der Waals surface area contributed by atoms with Gasteiger partial charge >= 0.3 is 0 Å². The molecule has 0 unspecified atom stereocenters. The molecule has 0 saturated carbocycles. The van der Waals surface area contributed by atoms with Crippen LogP contribution in [0.4, 0.5) is 5.69 Å². The Kier molecular flexibility index (Phi) is 5.36. The third kappa shape index (κ3) is 4.51. The number of nitrogens with one attached hydrogen (secondary N) is 1. The Morgan fingerprint density at radius 1 is 1.30 bits per heavy atom. The van der Waals surface area contributed by atoms with E-state index in [1.165, 1.54) is 10.6 Å². The normalized spacial score (nSPS) is 18.1. The molecule has 1 aliphatic rings. The zero-order valence-corrected chi connectivity index (χ0v) is 14.0. The van der Waals surface area contributed by atoms with Crippen molar-refractivity contribution in [3.8, 4) is 6.07 Å². The first kappa shape index (κ1) is 17.4. The first-order chi connectivity index (χ1) is 10.8. The second-order valence-corrected chi connectivity index (χ2v) is 7.54. The van der Waals surface area contributed by atoms with Crippen molar-refractivity contribution in [2.24, 2.45) is 0 Å². The van der Waals surface area contributed by atoms with Gasteiger partial charge in [-0.3, -0.25) is 9.69 Å². The second kappa shape index (κ2) is 7.08. The average molecular weight is 336 g/mol. The van der Waals surface area contributed by atoms with Crippen molar-refractivity contribution in [2.75, 3.05) is 37.8 Å². The molecule has 0 bridgehead atoms. The molecule has 0 aliphatic carbocycles. The van der Waals surface area contributed by atoms with Crippen molar-refractivity contribution >= 4 is 21.6 Å². The number of carbonyl (C=O) groups is 1. The first-order valence-corrected chi connectivity index (χ1v) is 9.16. The highest BCUT2D eigenvalue weighted by Gasteiger charge is 2.28. The Hall–Kier alpha value is -1.95. The third-order valence-electron chi connectivity index (χ3n) is 3.93. The molecule has 7 nitrogen and oxygen atoms in total. The molecule has 1 heterocycles. The number of amides is 1. The highest BCUT2D eigenvalue weighted by atomic mass is 32.2. The van der Waals surface area contributed by atoms with Crippen LogP contribution in [0.25, 0.3) is 0 Å². The Balaban J connectivity index is 1.94. The van der Waals surface area contributed by atoms with Gasteiger partial charge < -0.3 is 5.32 Å². The zero-order chi connectivity index (χ0) is 17.0. The first-order valence-electron chi connectivity index (χ1n) is 7.31. The number of sulfonamides is 1. The summed E-state index contributed by atoms with van der Waals surface area (Å²) in [4.78, 5) is 14.3. The van der Waals surface area contributed by atoms with Crippen LogP contribution in [0.3, 0.4) is 0 Å². The predicted molar refractivity (Wildman–Crippen MR) is 87.2 cm³/mol. The monoisotopic (exact) mass is 336 g/mol. The van der Waals surface area contributed by atoms with E-state index >= 15 is 0 Å². The van der Waals surface area contributed by atoms with E-state index in [1.54, 1.807) is 31.2 Å². The van der Waals surface area contributed by atoms with Gasteiger partial charge in [-0.2, -0.15) is 9.57 Å². The van der Waals surface area contributed by atoms with E-state index in [0.29, 0.717) is 37.4 Å². The topological polar surface area (TPSA) is 93.5 Å². The molecular weight excluding hydrogens is 316 g/mol. The minimum Gasteiger partial charge on any atom is -0.325 e. The molecule has 1 aromatic rings. The van der Waals surface area contributed by atoms with Crippen molar-refractivity contribution in [3.05, 3.63) is 29.8 Å². The molecule has 8 heteroatoms. The number of piperazine rings is 1. The van der Waals surface area contributed by atoms with Crippen molar-refractivity contribution < 1.29 is 13.2 Å². The minimum atomic E-state index is -3.18. The summed E-state index contributed by atoms with van der Waals surface area (Å²) in [6.07, 6.45) is 1.20. The predicted octanol–water partition coefficient (Wildman–Crippen LogP) is 0.462. The van der Waals surface area contributed by atoms with E-state index in [2.05, 4.69) is 5.32 Å². The second-order valence-electron chi connectivity index (χ2n) is 5.56. The third-order valence-corrected chi connectivity index (χ3v) is 5.23. The van der Waals surface area contributed by atoms with Crippen LogP contribution in [-0.4, -0.2) is 62.0 Å². The summed E-state index contributed by atoms with van der Waals surface area (Å²) in [6.45, 7) is 3.60. The van der Waals surface area contributed by atoms with Crippen LogP contribution in [-0.2, 0) is 14.8 Å². The Morgan fingerprint density at radius 2 is 1.96 bits per heavy atom. The van der Waals surface area contributed by atoms with E-state index in [9.17, 15) is 13.2 Å². The lowest BCUT2D eigenvalue weighted by Crippen LogP contribution is -2.53. The van der Waals surface area contributed by atoms with E-state index in [1.807, 2.05) is 11.0 Å². The van der Waals surface area contributed by atoms with Gasteiger partial charge in [-0.05, 0) is 25.1 Å². The quantitative estimate of drug-likeness (QED) is 0.862. The average Bonchev–Trinajstić information content (AvgIpc) is 2.53. The number of nitriles is 1. The maximum atomic E-state index is 12.3. The summed E-state index contributed by atoms with van der Waals surface area (Å²) in [6, 6.07) is 8.38. The van der Waals surface area contributed by atoms with Gasteiger partial charge in [0.25, 0.3) is 0 Å². The van der Waals surface area contributed by atoms with Crippen LogP contribution in [0.2, 0.25) is 0 Å². The van der Waals surface area contributed by atoms with Crippen LogP contribution in [0.15, 0.2) is 24.3 Å². The van der Waals surface area contributed by atoms with Gasteiger partial charge in [-0.1, -0.05) is 6.07 Å². The van der Waals surface area contributed by atoms with Crippen molar-refractivity contribution in [2.45, 2.75) is 13.0 Å². The Bertz CT molecular complexity index is 718. The maximum absolute atomic E-state index is 12.3. The summed E-state index contributed by atoms with van der Waals surface area (Å²) >= 11 is 0. The number of rotatable bonds is 4. The molecule has 1 atom stereocenters. The summed E-state index contributed by atoms with van der Waals surface area (Å²) in [5.74, 6) is -0.173. The van der Waals surface area contributed by atoms with Crippen LogP contribution in [0, 0.1) is 11.3 Å². The fourth-order valence-corrected chi connectivity index (χ4v) is 3.33. The smallest absolute Gasteiger partial charge is 0.241 e. The van der Waals surface area contributed by atoms with E-state index in [-0.39, 0.29) is 11.9 Å². The van der Waals surface area contributed by atoms with Gasteiger partial charge in [0.15, 0.2) is 0 Å². The van der Waals surface area contributed by atoms with Crippen molar-refractivity contribution in [3.63, 3.8) is 0 Å². The maximum Gasteiger partial charge on any atom is 0.241 e. The van der Waals surface area contributed by atoms with Crippen molar-refractivity contribution in [1.82, 2.24) is 9.21 Å². The molecule has 23 heavy (non-hydrogen) atoms. The van der Waals surface area contributed by atoms with Gasteiger partial charge in [0.2, 0.25) is 15.9 Å².